The van der Waals surface area contributed by atoms with Gasteiger partial charge in [0.2, 0.25) is 0 Å². The normalized spacial score (nSPS) is 12.3. The number of halogens is 3. The van der Waals surface area contributed by atoms with Crippen molar-refractivity contribution in [3.63, 3.8) is 0 Å². The molecule has 1 amide bonds. The van der Waals surface area contributed by atoms with Crippen LogP contribution in [0.25, 0.3) is 0 Å². The fraction of sp³-hybridized carbons (Fsp3) is 0.438. The second kappa shape index (κ2) is 6.26. The van der Waals surface area contributed by atoms with Crippen molar-refractivity contribution >= 4 is 11.7 Å². The van der Waals surface area contributed by atoms with E-state index in [0.717, 1.165) is 0 Å². The summed E-state index contributed by atoms with van der Waals surface area (Å²) in [7, 11) is 1.53. The standard InChI is InChI=1S/C16H19F3N4O/c1-15(2,3)12-9-11(22(4)21-12)14(24)23(10-16(17,18)19)13-7-5-6-8-20-13/h5-9H,10H2,1-4H3. The Bertz CT molecular complexity index is 717. The third kappa shape index (κ3) is 4.12. The quantitative estimate of drug-likeness (QED) is 0.861. The van der Waals surface area contributed by atoms with E-state index in [0.29, 0.717) is 10.6 Å². The second-order valence-electron chi connectivity index (χ2n) is 6.48. The lowest BCUT2D eigenvalue weighted by atomic mass is 9.92. The number of carbonyl (C=O) groups is 1. The van der Waals surface area contributed by atoms with Gasteiger partial charge >= 0.3 is 6.18 Å². The van der Waals surface area contributed by atoms with Gasteiger partial charge in [0.1, 0.15) is 18.1 Å². The average molecular weight is 340 g/mol. The van der Waals surface area contributed by atoms with Crippen molar-refractivity contribution in [3.8, 4) is 0 Å². The van der Waals surface area contributed by atoms with Gasteiger partial charge in [0.15, 0.2) is 0 Å². The predicted molar refractivity (Wildman–Crippen MR) is 83.9 cm³/mol. The molecule has 0 aliphatic carbocycles. The number of amides is 1. The highest BCUT2D eigenvalue weighted by Crippen LogP contribution is 2.25. The maximum Gasteiger partial charge on any atom is 0.406 e. The number of pyridine rings is 1. The van der Waals surface area contributed by atoms with Gasteiger partial charge in [-0.3, -0.25) is 14.4 Å². The molecule has 0 aliphatic rings. The van der Waals surface area contributed by atoms with Crippen LogP contribution in [0.4, 0.5) is 19.0 Å². The summed E-state index contributed by atoms with van der Waals surface area (Å²) in [6, 6.07) is 5.99. The van der Waals surface area contributed by atoms with E-state index in [9.17, 15) is 18.0 Å². The maximum atomic E-state index is 12.9. The number of aromatic nitrogens is 3. The molecule has 0 fully saturated rings. The third-order valence-corrected chi connectivity index (χ3v) is 3.38. The molecule has 2 heterocycles. The number of carbonyl (C=O) groups excluding carboxylic acids is 1. The molecule has 5 nitrogen and oxygen atoms in total. The van der Waals surface area contributed by atoms with Crippen LogP contribution in [-0.2, 0) is 12.5 Å². The van der Waals surface area contributed by atoms with Crippen LogP contribution in [0, 0.1) is 0 Å². The zero-order valence-corrected chi connectivity index (χ0v) is 13.9. The summed E-state index contributed by atoms with van der Waals surface area (Å²) in [6.45, 7) is 4.32. The Hall–Kier alpha value is -2.38. The summed E-state index contributed by atoms with van der Waals surface area (Å²) in [5.41, 5.74) is 0.382. The van der Waals surface area contributed by atoms with Crippen molar-refractivity contribution in [1.29, 1.82) is 0 Å². The number of aryl methyl sites for hydroxylation is 1. The molecule has 0 aliphatic heterocycles. The van der Waals surface area contributed by atoms with Crippen molar-refractivity contribution in [2.75, 3.05) is 11.4 Å². The smallest absolute Gasteiger partial charge is 0.282 e. The SMILES string of the molecule is Cn1nc(C(C)(C)C)cc1C(=O)N(CC(F)(F)F)c1ccccn1. The molecule has 0 atom stereocenters. The lowest BCUT2D eigenvalue weighted by Gasteiger charge is -2.22. The maximum absolute atomic E-state index is 12.9. The minimum atomic E-state index is -4.54. The molecule has 0 bridgehead atoms. The van der Waals surface area contributed by atoms with Crippen LogP contribution >= 0.6 is 0 Å². The molecule has 0 aromatic carbocycles. The van der Waals surface area contributed by atoms with Gasteiger partial charge in [-0.2, -0.15) is 18.3 Å². The molecule has 0 spiro atoms. The minimum absolute atomic E-state index is 0.0571. The Morgan fingerprint density at radius 2 is 1.92 bits per heavy atom. The van der Waals surface area contributed by atoms with Gasteiger partial charge in [-0.25, -0.2) is 4.98 Å². The van der Waals surface area contributed by atoms with Crippen molar-refractivity contribution in [1.82, 2.24) is 14.8 Å². The molecule has 0 radical (unpaired) electrons. The molecule has 0 unspecified atom stereocenters. The summed E-state index contributed by atoms with van der Waals surface area (Å²) >= 11 is 0. The lowest BCUT2D eigenvalue weighted by molar-refractivity contribution is -0.118. The van der Waals surface area contributed by atoms with Crippen molar-refractivity contribution in [2.24, 2.45) is 7.05 Å². The monoisotopic (exact) mass is 340 g/mol. The van der Waals surface area contributed by atoms with E-state index in [2.05, 4.69) is 10.1 Å². The predicted octanol–water partition coefficient (Wildman–Crippen LogP) is 3.32. The van der Waals surface area contributed by atoms with Crippen molar-refractivity contribution in [3.05, 3.63) is 41.9 Å². The highest BCUT2D eigenvalue weighted by atomic mass is 19.4. The first-order chi connectivity index (χ1) is 11.0. The van der Waals surface area contributed by atoms with E-state index in [1.165, 1.54) is 36.1 Å². The first kappa shape index (κ1) is 18.0. The summed E-state index contributed by atoms with van der Waals surface area (Å²) < 4.78 is 40.1. The molecule has 24 heavy (non-hydrogen) atoms. The lowest BCUT2D eigenvalue weighted by Crippen LogP contribution is -2.40. The average Bonchev–Trinajstić information content (AvgIpc) is 2.86. The van der Waals surface area contributed by atoms with E-state index in [1.807, 2.05) is 20.8 Å². The van der Waals surface area contributed by atoms with Crippen molar-refractivity contribution in [2.45, 2.75) is 32.4 Å². The Kier molecular flexibility index (Phi) is 4.68. The zero-order chi connectivity index (χ0) is 18.1. The molecule has 0 saturated heterocycles. The van der Waals surface area contributed by atoms with E-state index < -0.39 is 18.6 Å². The molecule has 2 rings (SSSR count). The largest absolute Gasteiger partial charge is 0.406 e. The van der Waals surface area contributed by atoms with Crippen LogP contribution in [0.5, 0.6) is 0 Å². The van der Waals surface area contributed by atoms with E-state index in [-0.39, 0.29) is 16.9 Å². The molecule has 0 N–H and O–H groups in total. The van der Waals surface area contributed by atoms with E-state index >= 15 is 0 Å². The zero-order valence-electron chi connectivity index (χ0n) is 13.9. The van der Waals surface area contributed by atoms with Crippen LogP contribution in [0.15, 0.2) is 30.5 Å². The number of hydrogen-bond acceptors (Lipinski definition) is 3. The fourth-order valence-corrected chi connectivity index (χ4v) is 2.12. The first-order valence-corrected chi connectivity index (χ1v) is 7.33. The third-order valence-electron chi connectivity index (χ3n) is 3.38. The minimum Gasteiger partial charge on any atom is -0.282 e. The topological polar surface area (TPSA) is 51.0 Å². The van der Waals surface area contributed by atoms with Gasteiger partial charge in [0, 0.05) is 18.7 Å². The van der Waals surface area contributed by atoms with Gasteiger partial charge in [0.25, 0.3) is 5.91 Å². The van der Waals surface area contributed by atoms with Gasteiger partial charge in [-0.1, -0.05) is 26.8 Å². The number of nitrogens with zero attached hydrogens (tertiary/aromatic N) is 4. The molecular weight excluding hydrogens is 321 g/mol. The van der Waals surface area contributed by atoms with Gasteiger partial charge in [0.05, 0.1) is 5.69 Å². The van der Waals surface area contributed by atoms with Gasteiger partial charge < -0.3 is 0 Å². The first-order valence-electron chi connectivity index (χ1n) is 7.33. The van der Waals surface area contributed by atoms with Crippen molar-refractivity contribution < 1.29 is 18.0 Å². The van der Waals surface area contributed by atoms with E-state index in [1.54, 1.807) is 6.07 Å². The molecule has 130 valence electrons. The summed E-state index contributed by atoms with van der Waals surface area (Å²) in [4.78, 5) is 17.2. The fourth-order valence-electron chi connectivity index (χ4n) is 2.12. The van der Waals surface area contributed by atoms with Crippen LogP contribution < -0.4 is 4.90 Å². The number of rotatable bonds is 3. The highest BCUT2D eigenvalue weighted by Gasteiger charge is 2.36. The molecule has 0 saturated carbocycles. The number of alkyl halides is 3. The summed E-state index contributed by atoms with van der Waals surface area (Å²) in [5.74, 6) is -0.852. The Balaban J connectivity index is 2.44. The van der Waals surface area contributed by atoms with Gasteiger partial charge in [-0.05, 0) is 18.2 Å². The van der Waals surface area contributed by atoms with Crippen LogP contribution in [0.3, 0.4) is 0 Å². The van der Waals surface area contributed by atoms with Crippen LogP contribution in [0.1, 0.15) is 37.0 Å². The Morgan fingerprint density at radius 3 is 2.38 bits per heavy atom. The molecule has 2 aromatic heterocycles. The molecule has 2 aromatic rings. The van der Waals surface area contributed by atoms with Gasteiger partial charge in [-0.15, -0.1) is 0 Å². The Labute approximate surface area is 138 Å². The Morgan fingerprint density at radius 1 is 1.25 bits per heavy atom. The second-order valence-corrected chi connectivity index (χ2v) is 6.48. The van der Waals surface area contributed by atoms with Crippen LogP contribution in [0.2, 0.25) is 0 Å². The molecule has 8 heteroatoms. The number of hydrogen-bond donors (Lipinski definition) is 0. The number of anilines is 1. The summed E-state index contributed by atoms with van der Waals surface area (Å²) in [5, 5.41) is 4.24. The summed E-state index contributed by atoms with van der Waals surface area (Å²) in [6.07, 6.45) is -3.20. The van der Waals surface area contributed by atoms with Crippen LogP contribution in [-0.4, -0.2) is 33.4 Å². The van der Waals surface area contributed by atoms with E-state index in [4.69, 9.17) is 0 Å². The molecular formula is C16H19F3N4O. The highest BCUT2D eigenvalue weighted by molar-refractivity contribution is 6.04.